The Morgan fingerprint density at radius 1 is 1.26 bits per heavy atom. The van der Waals surface area contributed by atoms with E-state index in [9.17, 15) is 13.6 Å². The SMILES string of the molecule is CCN(CC)C(=O)CNc1ccc(OC(F)F)cc1. The topological polar surface area (TPSA) is 41.6 Å². The Labute approximate surface area is 111 Å². The normalized spacial score (nSPS) is 10.4. The summed E-state index contributed by atoms with van der Waals surface area (Å²) < 4.78 is 28.1. The number of ether oxygens (including phenoxy) is 1. The number of benzene rings is 1. The number of anilines is 1. The fraction of sp³-hybridized carbons (Fsp3) is 0.462. The largest absolute Gasteiger partial charge is 0.435 e. The quantitative estimate of drug-likeness (QED) is 0.829. The summed E-state index contributed by atoms with van der Waals surface area (Å²) >= 11 is 0. The summed E-state index contributed by atoms with van der Waals surface area (Å²) in [6.45, 7) is 2.51. The summed E-state index contributed by atoms with van der Waals surface area (Å²) in [5.41, 5.74) is 0.683. The van der Waals surface area contributed by atoms with Crippen LogP contribution in [0.1, 0.15) is 13.8 Å². The highest BCUT2D eigenvalue weighted by Crippen LogP contribution is 2.17. The van der Waals surface area contributed by atoms with Gasteiger partial charge in [0.1, 0.15) is 5.75 Å². The van der Waals surface area contributed by atoms with Gasteiger partial charge in [0.2, 0.25) is 5.91 Å². The molecule has 0 heterocycles. The molecule has 106 valence electrons. The minimum Gasteiger partial charge on any atom is -0.435 e. The van der Waals surface area contributed by atoms with Crippen LogP contribution in [0.25, 0.3) is 0 Å². The molecule has 0 aliphatic rings. The number of hydrogen-bond donors (Lipinski definition) is 1. The lowest BCUT2D eigenvalue weighted by molar-refractivity contribution is -0.128. The van der Waals surface area contributed by atoms with E-state index in [1.807, 2.05) is 13.8 Å². The molecule has 19 heavy (non-hydrogen) atoms. The van der Waals surface area contributed by atoms with Crippen molar-refractivity contribution >= 4 is 11.6 Å². The van der Waals surface area contributed by atoms with E-state index >= 15 is 0 Å². The molecule has 0 saturated heterocycles. The highest BCUT2D eigenvalue weighted by atomic mass is 19.3. The number of nitrogens with one attached hydrogen (secondary N) is 1. The summed E-state index contributed by atoms with van der Waals surface area (Å²) in [4.78, 5) is 13.4. The molecule has 6 heteroatoms. The van der Waals surface area contributed by atoms with E-state index in [-0.39, 0.29) is 18.2 Å². The van der Waals surface area contributed by atoms with Crippen molar-refractivity contribution in [3.05, 3.63) is 24.3 Å². The average molecular weight is 272 g/mol. The smallest absolute Gasteiger partial charge is 0.387 e. The van der Waals surface area contributed by atoms with E-state index in [1.165, 1.54) is 12.1 Å². The summed E-state index contributed by atoms with van der Waals surface area (Å²) in [5.74, 6) is 0.0912. The summed E-state index contributed by atoms with van der Waals surface area (Å²) in [6.07, 6.45) is 0. The van der Waals surface area contributed by atoms with Gasteiger partial charge in [-0.2, -0.15) is 8.78 Å². The lowest BCUT2D eigenvalue weighted by atomic mass is 10.3. The summed E-state index contributed by atoms with van der Waals surface area (Å²) in [6, 6.07) is 6.03. The molecular weight excluding hydrogens is 254 g/mol. The van der Waals surface area contributed by atoms with Gasteiger partial charge >= 0.3 is 6.61 Å². The Hall–Kier alpha value is -1.85. The number of hydrogen-bond acceptors (Lipinski definition) is 3. The van der Waals surface area contributed by atoms with Gasteiger partial charge in [0, 0.05) is 18.8 Å². The van der Waals surface area contributed by atoms with Crippen molar-refractivity contribution in [1.29, 1.82) is 0 Å². The number of carbonyl (C=O) groups is 1. The van der Waals surface area contributed by atoms with E-state index in [0.29, 0.717) is 18.8 Å². The minimum absolute atomic E-state index is 0.00194. The molecule has 0 unspecified atom stereocenters. The molecule has 1 rings (SSSR count). The van der Waals surface area contributed by atoms with Crippen molar-refractivity contribution in [2.75, 3.05) is 25.0 Å². The molecular formula is C13H18F2N2O2. The standard InChI is InChI=1S/C13H18F2N2O2/c1-3-17(4-2)12(18)9-16-10-5-7-11(8-6-10)19-13(14)15/h5-8,13,16H,3-4,9H2,1-2H3. The van der Waals surface area contributed by atoms with Crippen molar-refractivity contribution in [2.24, 2.45) is 0 Å². The van der Waals surface area contributed by atoms with E-state index < -0.39 is 6.61 Å². The number of rotatable bonds is 7. The molecule has 0 radical (unpaired) electrons. The number of alkyl halides is 2. The number of amides is 1. The molecule has 0 aromatic heterocycles. The van der Waals surface area contributed by atoms with Gasteiger partial charge in [-0.05, 0) is 38.1 Å². The molecule has 1 amide bonds. The average Bonchev–Trinajstić information content (AvgIpc) is 2.38. The maximum atomic E-state index is 12.0. The van der Waals surface area contributed by atoms with E-state index in [0.717, 1.165) is 0 Å². The van der Waals surface area contributed by atoms with Gasteiger partial charge in [-0.25, -0.2) is 0 Å². The van der Waals surface area contributed by atoms with Gasteiger partial charge in [0.15, 0.2) is 0 Å². The Morgan fingerprint density at radius 2 is 1.84 bits per heavy atom. The first kappa shape index (κ1) is 15.2. The molecule has 1 aromatic carbocycles. The van der Waals surface area contributed by atoms with Crippen LogP contribution in [0.15, 0.2) is 24.3 Å². The maximum absolute atomic E-state index is 12.0. The Kier molecular flexibility index (Phi) is 6.05. The van der Waals surface area contributed by atoms with Crippen molar-refractivity contribution in [3.8, 4) is 5.75 Å². The second kappa shape index (κ2) is 7.56. The number of halogens is 2. The van der Waals surface area contributed by atoms with Crippen molar-refractivity contribution in [3.63, 3.8) is 0 Å². The van der Waals surface area contributed by atoms with Crippen LogP contribution in [0.4, 0.5) is 14.5 Å². The van der Waals surface area contributed by atoms with Gasteiger partial charge in [-0.1, -0.05) is 0 Å². The van der Waals surface area contributed by atoms with Crippen LogP contribution in [0.5, 0.6) is 5.75 Å². The zero-order valence-corrected chi connectivity index (χ0v) is 11.0. The van der Waals surface area contributed by atoms with Gasteiger partial charge in [0.05, 0.1) is 6.54 Å². The monoisotopic (exact) mass is 272 g/mol. The molecule has 1 aromatic rings. The third-order valence-corrected chi connectivity index (χ3v) is 2.64. The van der Waals surface area contributed by atoms with E-state index in [4.69, 9.17) is 0 Å². The van der Waals surface area contributed by atoms with Crippen molar-refractivity contribution in [2.45, 2.75) is 20.5 Å². The van der Waals surface area contributed by atoms with Crippen LogP contribution in [-0.2, 0) is 4.79 Å². The first-order valence-electron chi connectivity index (χ1n) is 6.13. The Bertz CT molecular complexity index is 392. The second-order valence-electron chi connectivity index (χ2n) is 3.82. The van der Waals surface area contributed by atoms with Gasteiger partial charge < -0.3 is 15.0 Å². The lowest BCUT2D eigenvalue weighted by Gasteiger charge is -2.19. The predicted octanol–water partition coefficient (Wildman–Crippen LogP) is 2.57. The lowest BCUT2D eigenvalue weighted by Crippen LogP contribution is -2.35. The molecule has 0 aliphatic carbocycles. The third kappa shape index (κ3) is 5.11. The Balaban J connectivity index is 2.47. The highest BCUT2D eigenvalue weighted by molar-refractivity contribution is 5.80. The number of likely N-dealkylation sites (N-methyl/N-ethyl adjacent to an activating group) is 1. The van der Waals surface area contributed by atoms with Crippen LogP contribution in [0.2, 0.25) is 0 Å². The molecule has 4 nitrogen and oxygen atoms in total. The maximum Gasteiger partial charge on any atom is 0.387 e. The fourth-order valence-electron chi connectivity index (χ4n) is 1.62. The molecule has 0 bridgehead atoms. The zero-order valence-electron chi connectivity index (χ0n) is 11.0. The van der Waals surface area contributed by atoms with Gasteiger partial charge in [-0.3, -0.25) is 4.79 Å². The van der Waals surface area contributed by atoms with E-state index in [2.05, 4.69) is 10.1 Å². The first-order valence-corrected chi connectivity index (χ1v) is 6.13. The third-order valence-electron chi connectivity index (χ3n) is 2.64. The highest BCUT2D eigenvalue weighted by Gasteiger charge is 2.09. The van der Waals surface area contributed by atoms with Gasteiger partial charge in [0.25, 0.3) is 0 Å². The van der Waals surface area contributed by atoms with Crippen LogP contribution >= 0.6 is 0 Å². The number of nitrogens with zero attached hydrogens (tertiary/aromatic N) is 1. The van der Waals surface area contributed by atoms with Crippen LogP contribution in [0, 0.1) is 0 Å². The predicted molar refractivity (Wildman–Crippen MR) is 69.5 cm³/mol. The van der Waals surface area contributed by atoms with Crippen LogP contribution in [-0.4, -0.2) is 37.1 Å². The zero-order chi connectivity index (χ0) is 14.3. The van der Waals surface area contributed by atoms with Crippen LogP contribution < -0.4 is 10.1 Å². The van der Waals surface area contributed by atoms with Crippen LogP contribution in [0.3, 0.4) is 0 Å². The minimum atomic E-state index is -2.83. The molecule has 0 atom stereocenters. The summed E-state index contributed by atoms with van der Waals surface area (Å²) in [5, 5.41) is 2.94. The fourth-order valence-corrected chi connectivity index (χ4v) is 1.62. The Morgan fingerprint density at radius 3 is 2.32 bits per heavy atom. The molecule has 1 N–H and O–H groups in total. The van der Waals surface area contributed by atoms with Gasteiger partial charge in [-0.15, -0.1) is 0 Å². The first-order chi connectivity index (χ1) is 9.06. The van der Waals surface area contributed by atoms with E-state index in [1.54, 1.807) is 17.0 Å². The molecule has 0 fully saturated rings. The molecule has 0 spiro atoms. The molecule has 0 aliphatic heterocycles. The number of carbonyl (C=O) groups excluding carboxylic acids is 1. The molecule has 0 saturated carbocycles. The second-order valence-corrected chi connectivity index (χ2v) is 3.82. The summed E-state index contributed by atoms with van der Waals surface area (Å²) in [7, 11) is 0. The van der Waals surface area contributed by atoms with Crippen molar-refractivity contribution in [1.82, 2.24) is 4.90 Å². The van der Waals surface area contributed by atoms with Crippen molar-refractivity contribution < 1.29 is 18.3 Å².